The van der Waals surface area contributed by atoms with Crippen LogP contribution in [0.3, 0.4) is 0 Å². The van der Waals surface area contributed by atoms with Crippen molar-refractivity contribution >= 4 is 0 Å². The van der Waals surface area contributed by atoms with E-state index in [0.717, 1.165) is 42.2 Å². The highest BCUT2D eigenvalue weighted by molar-refractivity contribution is 5.64. The molecule has 0 N–H and O–H groups in total. The summed E-state index contributed by atoms with van der Waals surface area (Å²) in [5, 5.41) is 0. The maximum atomic E-state index is 6.21. The first kappa shape index (κ1) is 17.4. The first-order valence-electron chi connectivity index (χ1n) is 8.86. The van der Waals surface area contributed by atoms with Crippen LogP contribution in [0.25, 0.3) is 22.6 Å². The molecule has 2 aromatic carbocycles. The van der Waals surface area contributed by atoms with Crippen LogP contribution in [0, 0.1) is 6.54 Å². The van der Waals surface area contributed by atoms with Crippen LogP contribution in [0.1, 0.15) is 19.4 Å². The van der Waals surface area contributed by atoms with Crippen LogP contribution in [-0.4, -0.2) is 18.0 Å². The summed E-state index contributed by atoms with van der Waals surface area (Å²) >= 11 is 0. The lowest BCUT2D eigenvalue weighted by Crippen LogP contribution is -2.20. The number of likely N-dealkylation sites (N-methyl/N-ethyl adjacent to an activating group) is 1. The average Bonchev–Trinajstić information content (AvgIpc) is 2.70. The van der Waals surface area contributed by atoms with Crippen molar-refractivity contribution in [2.75, 3.05) is 13.1 Å². The zero-order valence-electron chi connectivity index (χ0n) is 14.9. The van der Waals surface area contributed by atoms with E-state index in [9.17, 15) is 0 Å². The van der Waals surface area contributed by atoms with Gasteiger partial charge in [-0.25, -0.2) is 4.42 Å². The second-order valence-electron chi connectivity index (χ2n) is 5.93. The van der Waals surface area contributed by atoms with E-state index in [1.165, 1.54) is 5.56 Å². The van der Waals surface area contributed by atoms with Crippen molar-refractivity contribution in [3.05, 3.63) is 84.9 Å². The van der Waals surface area contributed by atoms with Crippen molar-refractivity contribution < 1.29 is 4.42 Å². The minimum atomic E-state index is 0.776. The molecule has 3 aromatic rings. The Morgan fingerprint density at radius 2 is 1.24 bits per heavy atom. The van der Waals surface area contributed by atoms with E-state index in [-0.39, 0.29) is 0 Å². The molecule has 2 radical (unpaired) electrons. The normalized spacial score (nSPS) is 11.0. The molecule has 0 saturated carbocycles. The lowest BCUT2D eigenvalue weighted by Gasteiger charge is -2.15. The van der Waals surface area contributed by atoms with E-state index in [1.54, 1.807) is 0 Å². The van der Waals surface area contributed by atoms with Crippen molar-refractivity contribution in [2.24, 2.45) is 0 Å². The molecule has 0 spiro atoms. The van der Waals surface area contributed by atoms with Crippen molar-refractivity contribution in [1.29, 1.82) is 0 Å². The smallest absolute Gasteiger partial charge is 0.294 e. The molecule has 1 heterocycles. The maximum absolute atomic E-state index is 6.21. The SMILES string of the molecule is CCN([C]Cc1cc(-c2ccccc2)[o+]c(-c2ccccc2)c1)CC. The molecular weight excluding hydrogens is 306 g/mol. The van der Waals surface area contributed by atoms with Crippen molar-refractivity contribution in [1.82, 2.24) is 4.90 Å². The molecule has 2 heteroatoms. The summed E-state index contributed by atoms with van der Waals surface area (Å²) < 4.78 is 6.21. The largest absolute Gasteiger partial charge is 0.361 e. The Hall–Kier alpha value is -2.45. The van der Waals surface area contributed by atoms with Gasteiger partial charge in [0.2, 0.25) is 0 Å². The van der Waals surface area contributed by atoms with Gasteiger partial charge in [-0.15, -0.1) is 0 Å². The highest BCUT2D eigenvalue weighted by Gasteiger charge is 2.19. The molecule has 25 heavy (non-hydrogen) atoms. The van der Waals surface area contributed by atoms with Gasteiger partial charge in [-0.2, -0.15) is 0 Å². The molecule has 3 rings (SSSR count). The summed E-state index contributed by atoms with van der Waals surface area (Å²) in [5.74, 6) is 1.77. The summed E-state index contributed by atoms with van der Waals surface area (Å²) in [6.07, 6.45) is 0.776. The van der Waals surface area contributed by atoms with Crippen LogP contribution in [0.5, 0.6) is 0 Å². The summed E-state index contributed by atoms with van der Waals surface area (Å²) in [4.78, 5) is 2.20. The highest BCUT2D eigenvalue weighted by atomic mass is 16.3. The van der Waals surface area contributed by atoms with Gasteiger partial charge < -0.3 is 0 Å². The van der Waals surface area contributed by atoms with E-state index < -0.39 is 0 Å². The van der Waals surface area contributed by atoms with Crippen LogP contribution >= 0.6 is 0 Å². The van der Waals surface area contributed by atoms with E-state index in [4.69, 9.17) is 4.42 Å². The van der Waals surface area contributed by atoms with Gasteiger partial charge in [-0.3, -0.25) is 4.90 Å². The monoisotopic (exact) mass is 330 g/mol. The Labute approximate surface area is 150 Å². The van der Waals surface area contributed by atoms with Crippen molar-refractivity contribution in [3.63, 3.8) is 0 Å². The van der Waals surface area contributed by atoms with Crippen LogP contribution in [0.15, 0.2) is 77.2 Å². The standard InChI is InChI=1S/C23H24NO/c1-3-24(4-2)16-15-19-17-22(20-11-7-5-8-12-20)25-23(18-19)21-13-9-6-10-14-21/h5-14,17-18H,3-4,15H2,1-2H3/q+1. The first-order chi connectivity index (χ1) is 12.3. The number of rotatable bonds is 7. The lowest BCUT2D eigenvalue weighted by molar-refractivity contribution is 0.365. The second kappa shape index (κ2) is 8.59. The zero-order valence-corrected chi connectivity index (χ0v) is 14.9. The summed E-state index contributed by atoms with van der Waals surface area (Å²) in [6, 6.07) is 24.7. The van der Waals surface area contributed by atoms with Gasteiger partial charge >= 0.3 is 11.5 Å². The molecule has 0 aliphatic carbocycles. The summed E-state index contributed by atoms with van der Waals surface area (Å²) in [5.41, 5.74) is 3.38. The van der Waals surface area contributed by atoms with Gasteiger partial charge in [0.25, 0.3) is 0 Å². The number of benzene rings is 2. The fourth-order valence-electron chi connectivity index (χ4n) is 2.80. The molecule has 2 nitrogen and oxygen atoms in total. The molecule has 0 fully saturated rings. The van der Waals surface area contributed by atoms with Crippen LogP contribution in [0.2, 0.25) is 0 Å². The molecule has 1 aromatic heterocycles. The fourth-order valence-corrected chi connectivity index (χ4v) is 2.80. The summed E-state index contributed by atoms with van der Waals surface area (Å²) in [6.45, 7) is 9.75. The molecule has 126 valence electrons. The quantitative estimate of drug-likeness (QED) is 0.400. The molecule has 0 bridgehead atoms. The first-order valence-corrected chi connectivity index (χ1v) is 8.86. The zero-order chi connectivity index (χ0) is 17.5. The predicted octanol–water partition coefficient (Wildman–Crippen LogP) is 5.82. The van der Waals surface area contributed by atoms with E-state index in [2.05, 4.69) is 61.7 Å². The Bertz CT molecular complexity index is 722. The molecule has 0 unspecified atom stereocenters. The Balaban J connectivity index is 1.97. The predicted molar refractivity (Wildman–Crippen MR) is 104 cm³/mol. The van der Waals surface area contributed by atoms with Gasteiger partial charge in [0.1, 0.15) is 0 Å². The van der Waals surface area contributed by atoms with E-state index in [0.29, 0.717) is 0 Å². The van der Waals surface area contributed by atoms with Gasteiger partial charge in [-0.1, -0.05) is 50.2 Å². The Morgan fingerprint density at radius 1 is 0.760 bits per heavy atom. The minimum absolute atomic E-state index is 0.776. The third kappa shape index (κ3) is 4.55. The van der Waals surface area contributed by atoms with Gasteiger partial charge in [-0.05, 0) is 49.3 Å². The molecule has 0 saturated heterocycles. The van der Waals surface area contributed by atoms with Gasteiger partial charge in [0.05, 0.1) is 17.7 Å². The number of hydrogen-bond donors (Lipinski definition) is 0. The number of nitrogens with zero attached hydrogens (tertiary/aromatic N) is 1. The molecule has 0 atom stereocenters. The molecule has 0 aliphatic heterocycles. The second-order valence-corrected chi connectivity index (χ2v) is 5.93. The highest BCUT2D eigenvalue weighted by Crippen LogP contribution is 2.28. The molecular formula is C23H24NO+. The Morgan fingerprint density at radius 3 is 1.68 bits per heavy atom. The average molecular weight is 330 g/mol. The van der Waals surface area contributed by atoms with Crippen molar-refractivity contribution in [3.8, 4) is 22.6 Å². The molecule has 0 amide bonds. The van der Waals surface area contributed by atoms with E-state index in [1.807, 2.05) is 36.4 Å². The van der Waals surface area contributed by atoms with E-state index >= 15 is 0 Å². The third-order valence-corrected chi connectivity index (χ3v) is 4.24. The minimum Gasteiger partial charge on any atom is -0.294 e. The van der Waals surface area contributed by atoms with Crippen LogP contribution < -0.4 is 0 Å². The maximum Gasteiger partial charge on any atom is 0.361 e. The van der Waals surface area contributed by atoms with Gasteiger partial charge in [0, 0.05) is 12.1 Å². The van der Waals surface area contributed by atoms with Gasteiger partial charge in [0.15, 0.2) is 0 Å². The number of hydrogen-bond acceptors (Lipinski definition) is 1. The lowest BCUT2D eigenvalue weighted by atomic mass is 10.0. The fraction of sp³-hybridized carbons (Fsp3) is 0.217. The van der Waals surface area contributed by atoms with Crippen LogP contribution in [-0.2, 0) is 6.42 Å². The topological polar surface area (TPSA) is 14.5 Å². The van der Waals surface area contributed by atoms with Crippen LogP contribution in [0.4, 0.5) is 0 Å². The van der Waals surface area contributed by atoms with Crippen molar-refractivity contribution in [2.45, 2.75) is 20.3 Å². The summed E-state index contributed by atoms with van der Waals surface area (Å²) in [7, 11) is 0. The molecule has 0 aliphatic rings. The third-order valence-electron chi connectivity index (χ3n) is 4.24. The Kier molecular flexibility index (Phi) is 5.97.